The molecule has 2 heteroatoms. The van der Waals surface area contributed by atoms with E-state index in [1.54, 1.807) is 12.1 Å². The molecule has 3 unspecified atom stereocenters. The lowest BCUT2D eigenvalue weighted by Crippen LogP contribution is -2.34. The average molecular weight is 235 g/mol. The first-order chi connectivity index (χ1) is 8.22. The summed E-state index contributed by atoms with van der Waals surface area (Å²) < 4.78 is 13.7. The van der Waals surface area contributed by atoms with Gasteiger partial charge in [0, 0.05) is 17.6 Å². The van der Waals surface area contributed by atoms with E-state index in [1.165, 1.54) is 25.7 Å². The van der Waals surface area contributed by atoms with Gasteiger partial charge in [0.05, 0.1) is 0 Å². The topological polar surface area (TPSA) is 12.0 Å². The lowest BCUT2D eigenvalue weighted by Gasteiger charge is -2.24. The highest BCUT2D eigenvalue weighted by atomic mass is 19.1. The van der Waals surface area contributed by atoms with Crippen molar-refractivity contribution in [2.75, 3.05) is 0 Å². The predicted molar refractivity (Wildman–Crippen MR) is 69.4 cm³/mol. The van der Waals surface area contributed by atoms with E-state index in [2.05, 4.69) is 19.2 Å². The van der Waals surface area contributed by atoms with E-state index < -0.39 is 0 Å². The Morgan fingerprint density at radius 2 is 2.12 bits per heavy atom. The Hall–Kier alpha value is -0.890. The molecule has 0 amide bonds. The van der Waals surface area contributed by atoms with Gasteiger partial charge < -0.3 is 5.32 Å². The van der Waals surface area contributed by atoms with Crippen LogP contribution in [0.3, 0.4) is 0 Å². The van der Waals surface area contributed by atoms with E-state index in [4.69, 9.17) is 0 Å². The third-order valence-electron chi connectivity index (χ3n) is 4.02. The molecule has 1 aliphatic rings. The van der Waals surface area contributed by atoms with Gasteiger partial charge in [-0.05, 0) is 31.7 Å². The van der Waals surface area contributed by atoms with Crippen molar-refractivity contribution < 1.29 is 4.39 Å². The smallest absolute Gasteiger partial charge is 0.127 e. The molecule has 2 rings (SSSR count). The van der Waals surface area contributed by atoms with Crippen LogP contribution in [0.5, 0.6) is 0 Å². The predicted octanol–water partition coefficient (Wildman–Crippen LogP) is 4.06. The molecule has 0 aromatic heterocycles. The van der Waals surface area contributed by atoms with E-state index in [0.29, 0.717) is 6.04 Å². The van der Waals surface area contributed by atoms with Gasteiger partial charge in [0.2, 0.25) is 0 Å². The van der Waals surface area contributed by atoms with Crippen molar-refractivity contribution in [2.45, 2.75) is 51.6 Å². The van der Waals surface area contributed by atoms with Crippen molar-refractivity contribution in [3.63, 3.8) is 0 Å². The van der Waals surface area contributed by atoms with Crippen LogP contribution in [-0.4, -0.2) is 6.04 Å². The normalized spacial score (nSPS) is 26.1. The molecule has 1 saturated carbocycles. The number of rotatable bonds is 4. The van der Waals surface area contributed by atoms with Gasteiger partial charge in [-0.3, -0.25) is 0 Å². The van der Waals surface area contributed by atoms with Crippen molar-refractivity contribution in [3.8, 4) is 0 Å². The Kier molecular flexibility index (Phi) is 4.16. The summed E-state index contributed by atoms with van der Waals surface area (Å²) in [6, 6.07) is 7.74. The van der Waals surface area contributed by atoms with Crippen LogP contribution in [0.1, 0.15) is 51.1 Å². The molecule has 1 aromatic carbocycles. The second-order valence-corrected chi connectivity index (χ2v) is 5.12. The van der Waals surface area contributed by atoms with Gasteiger partial charge in [-0.15, -0.1) is 0 Å². The Bertz CT molecular complexity index is 364. The highest BCUT2D eigenvalue weighted by Crippen LogP contribution is 2.30. The summed E-state index contributed by atoms with van der Waals surface area (Å²) in [7, 11) is 0. The number of hydrogen-bond acceptors (Lipinski definition) is 1. The minimum Gasteiger partial charge on any atom is -0.307 e. The fourth-order valence-corrected chi connectivity index (χ4v) is 2.98. The molecule has 0 saturated heterocycles. The number of benzene rings is 1. The van der Waals surface area contributed by atoms with Gasteiger partial charge in [-0.2, -0.15) is 0 Å². The molecular formula is C15H22FN. The van der Waals surface area contributed by atoms with Crippen molar-refractivity contribution in [3.05, 3.63) is 35.6 Å². The molecule has 0 spiro atoms. The van der Waals surface area contributed by atoms with Gasteiger partial charge in [0.25, 0.3) is 0 Å². The standard InChI is InChI=1S/C15H22FN/c1-3-12-7-6-10-15(12)17-11(2)13-8-4-5-9-14(13)16/h4-5,8-9,11-12,15,17H,3,6-7,10H2,1-2H3. The van der Waals surface area contributed by atoms with Crippen LogP contribution in [0.2, 0.25) is 0 Å². The van der Waals surface area contributed by atoms with Crippen LogP contribution >= 0.6 is 0 Å². The zero-order valence-electron chi connectivity index (χ0n) is 10.7. The highest BCUT2D eigenvalue weighted by molar-refractivity contribution is 5.20. The second kappa shape index (κ2) is 5.63. The first kappa shape index (κ1) is 12.6. The highest BCUT2D eigenvalue weighted by Gasteiger charge is 2.27. The molecule has 1 aliphatic carbocycles. The average Bonchev–Trinajstić information content (AvgIpc) is 2.76. The van der Waals surface area contributed by atoms with Gasteiger partial charge in [-0.25, -0.2) is 4.39 Å². The summed E-state index contributed by atoms with van der Waals surface area (Å²) in [6.07, 6.45) is 5.08. The third kappa shape index (κ3) is 2.86. The van der Waals surface area contributed by atoms with Crippen molar-refractivity contribution in [2.24, 2.45) is 5.92 Å². The van der Waals surface area contributed by atoms with Crippen molar-refractivity contribution >= 4 is 0 Å². The molecule has 17 heavy (non-hydrogen) atoms. The monoisotopic (exact) mass is 235 g/mol. The van der Waals surface area contributed by atoms with Crippen LogP contribution in [0.4, 0.5) is 4.39 Å². The van der Waals surface area contributed by atoms with E-state index in [9.17, 15) is 4.39 Å². The Labute approximate surface area is 103 Å². The minimum atomic E-state index is -0.0986. The maximum atomic E-state index is 13.7. The molecule has 1 N–H and O–H groups in total. The molecule has 1 aromatic rings. The van der Waals surface area contributed by atoms with Gasteiger partial charge in [0.15, 0.2) is 0 Å². The van der Waals surface area contributed by atoms with Crippen LogP contribution in [0, 0.1) is 11.7 Å². The maximum absolute atomic E-state index is 13.7. The summed E-state index contributed by atoms with van der Waals surface area (Å²) >= 11 is 0. The molecular weight excluding hydrogens is 213 g/mol. The Balaban J connectivity index is 2.01. The molecule has 3 atom stereocenters. The molecule has 0 heterocycles. The number of halogens is 1. The fourth-order valence-electron chi connectivity index (χ4n) is 2.98. The second-order valence-electron chi connectivity index (χ2n) is 5.12. The lowest BCUT2D eigenvalue weighted by molar-refractivity contribution is 0.356. The third-order valence-corrected chi connectivity index (χ3v) is 4.02. The quantitative estimate of drug-likeness (QED) is 0.830. The molecule has 0 aliphatic heterocycles. The van der Waals surface area contributed by atoms with E-state index in [0.717, 1.165) is 11.5 Å². The number of nitrogens with one attached hydrogen (secondary N) is 1. The van der Waals surface area contributed by atoms with E-state index in [-0.39, 0.29) is 11.9 Å². The molecule has 1 nitrogen and oxygen atoms in total. The largest absolute Gasteiger partial charge is 0.307 e. The summed E-state index contributed by atoms with van der Waals surface area (Å²) in [5, 5.41) is 3.60. The summed E-state index contributed by atoms with van der Waals surface area (Å²) in [6.45, 7) is 4.31. The van der Waals surface area contributed by atoms with Crippen molar-refractivity contribution in [1.82, 2.24) is 5.32 Å². The van der Waals surface area contributed by atoms with Crippen molar-refractivity contribution in [1.29, 1.82) is 0 Å². The Morgan fingerprint density at radius 1 is 1.35 bits per heavy atom. The first-order valence-corrected chi connectivity index (χ1v) is 6.72. The zero-order valence-corrected chi connectivity index (χ0v) is 10.7. The van der Waals surface area contributed by atoms with E-state index in [1.807, 2.05) is 12.1 Å². The van der Waals surface area contributed by atoms with Gasteiger partial charge in [-0.1, -0.05) is 38.0 Å². The van der Waals surface area contributed by atoms with Gasteiger partial charge >= 0.3 is 0 Å². The summed E-state index contributed by atoms with van der Waals surface area (Å²) in [5.74, 6) is 0.669. The molecule has 1 fully saturated rings. The lowest BCUT2D eigenvalue weighted by atomic mass is 9.98. The summed E-state index contributed by atoms with van der Waals surface area (Å²) in [4.78, 5) is 0. The molecule has 0 bridgehead atoms. The number of hydrogen-bond donors (Lipinski definition) is 1. The maximum Gasteiger partial charge on any atom is 0.127 e. The summed E-state index contributed by atoms with van der Waals surface area (Å²) in [5.41, 5.74) is 0.786. The Morgan fingerprint density at radius 3 is 2.82 bits per heavy atom. The fraction of sp³-hybridized carbons (Fsp3) is 0.600. The van der Waals surface area contributed by atoms with E-state index >= 15 is 0 Å². The zero-order chi connectivity index (χ0) is 12.3. The SMILES string of the molecule is CCC1CCCC1NC(C)c1ccccc1F. The van der Waals surface area contributed by atoms with Gasteiger partial charge in [0.1, 0.15) is 5.82 Å². The van der Waals surface area contributed by atoms with Crippen LogP contribution in [-0.2, 0) is 0 Å². The minimum absolute atomic E-state index is 0.0986. The molecule has 0 radical (unpaired) electrons. The molecule has 94 valence electrons. The van der Waals surface area contributed by atoms with Crippen LogP contribution in [0.15, 0.2) is 24.3 Å². The first-order valence-electron chi connectivity index (χ1n) is 6.72. The van der Waals surface area contributed by atoms with Crippen LogP contribution < -0.4 is 5.32 Å². The van der Waals surface area contributed by atoms with Crippen LogP contribution in [0.25, 0.3) is 0 Å².